The number of amides is 3. The average Bonchev–Trinajstić information content (AvgIpc) is 3.19. The summed E-state index contributed by atoms with van der Waals surface area (Å²) in [5.74, 6) is -0.220. The summed E-state index contributed by atoms with van der Waals surface area (Å²) in [7, 11) is -3.29. The maximum atomic E-state index is 11.7. The maximum Gasteiger partial charge on any atom is 0.409 e. The number of rotatable bonds is 8. The molecule has 0 spiro atoms. The second-order valence-electron chi connectivity index (χ2n) is 7.48. The number of thiazole rings is 1. The van der Waals surface area contributed by atoms with E-state index in [1.807, 2.05) is 12.1 Å². The summed E-state index contributed by atoms with van der Waals surface area (Å²) >= 11 is 1.34. The van der Waals surface area contributed by atoms with Gasteiger partial charge in [-0.15, -0.1) is 0 Å². The Labute approximate surface area is 216 Å². The lowest BCUT2D eigenvalue weighted by Crippen LogP contribution is -2.17. The predicted molar refractivity (Wildman–Crippen MR) is 140 cm³/mol. The van der Waals surface area contributed by atoms with E-state index >= 15 is 0 Å². The molecule has 6 N–H and O–H groups in total. The highest BCUT2D eigenvalue weighted by Crippen LogP contribution is 2.34. The molecule has 14 heteroatoms. The fourth-order valence-corrected chi connectivity index (χ4v) is 4.67. The number of hydrogen-bond donors (Lipinski definition) is 5. The summed E-state index contributed by atoms with van der Waals surface area (Å²) in [5, 5.41) is 21.0. The van der Waals surface area contributed by atoms with Crippen LogP contribution in [0.3, 0.4) is 0 Å². The van der Waals surface area contributed by atoms with Crippen LogP contribution in [0.1, 0.15) is 18.2 Å². The Morgan fingerprint density at radius 3 is 2.16 bits per heavy atom. The molecule has 1 aromatic heterocycles. The Kier molecular flexibility index (Phi) is 10.3. The number of hydrogen-bond acceptors (Lipinski definition) is 8. The Morgan fingerprint density at radius 2 is 1.65 bits per heavy atom. The van der Waals surface area contributed by atoms with E-state index in [-0.39, 0.29) is 10.8 Å². The molecule has 0 aliphatic carbocycles. The van der Waals surface area contributed by atoms with Gasteiger partial charge in [-0.3, -0.25) is 10.1 Å². The van der Waals surface area contributed by atoms with Crippen molar-refractivity contribution in [2.75, 3.05) is 11.6 Å². The van der Waals surface area contributed by atoms with Crippen LogP contribution in [0.2, 0.25) is 0 Å². The highest BCUT2D eigenvalue weighted by molar-refractivity contribution is 7.90. The highest BCUT2D eigenvalue weighted by atomic mass is 32.2. The number of carbonyl (C=O) groups is 3. The number of anilines is 1. The third-order valence-corrected chi connectivity index (χ3v) is 6.70. The highest BCUT2D eigenvalue weighted by Gasteiger charge is 2.15. The molecule has 0 saturated heterocycles. The van der Waals surface area contributed by atoms with Crippen molar-refractivity contribution in [1.29, 1.82) is 0 Å². The van der Waals surface area contributed by atoms with Gasteiger partial charge in [-0.1, -0.05) is 35.6 Å². The monoisotopic (exact) mass is 547 g/mol. The van der Waals surface area contributed by atoms with E-state index in [0.717, 1.165) is 34.3 Å². The first kappa shape index (κ1) is 28.9. The molecular formula is C23H25N5O7S2. The van der Waals surface area contributed by atoms with Crippen molar-refractivity contribution in [1.82, 2.24) is 10.3 Å². The molecule has 3 aromatic rings. The van der Waals surface area contributed by atoms with Crippen LogP contribution in [0.5, 0.6) is 0 Å². The number of aryl methyl sites for hydroxylation is 2. The van der Waals surface area contributed by atoms with Gasteiger partial charge in [0.15, 0.2) is 15.0 Å². The van der Waals surface area contributed by atoms with Gasteiger partial charge in [-0.25, -0.2) is 28.0 Å². The molecule has 0 fully saturated rings. The Hall–Kier alpha value is -4.30. The van der Waals surface area contributed by atoms with E-state index in [1.54, 1.807) is 36.4 Å². The van der Waals surface area contributed by atoms with Gasteiger partial charge in [0.05, 0.1) is 27.5 Å². The van der Waals surface area contributed by atoms with Gasteiger partial charge in [0, 0.05) is 13.2 Å². The second-order valence-corrected chi connectivity index (χ2v) is 10.5. The summed E-state index contributed by atoms with van der Waals surface area (Å²) in [5.41, 5.74) is 7.29. The van der Waals surface area contributed by atoms with Crippen molar-refractivity contribution in [2.24, 2.45) is 10.7 Å². The zero-order valence-electron chi connectivity index (χ0n) is 19.8. The van der Waals surface area contributed by atoms with Crippen molar-refractivity contribution in [3.8, 4) is 10.4 Å². The predicted octanol–water partition coefficient (Wildman–Crippen LogP) is 3.51. The third-order valence-electron chi connectivity index (χ3n) is 4.51. The maximum absolute atomic E-state index is 11.7. The van der Waals surface area contributed by atoms with Gasteiger partial charge < -0.3 is 21.3 Å². The summed E-state index contributed by atoms with van der Waals surface area (Å²) in [4.78, 5) is 40.4. The number of carbonyl (C=O) groups excluding carboxylic acids is 1. The summed E-state index contributed by atoms with van der Waals surface area (Å²) in [6.07, 6.45) is 1.03. The number of benzene rings is 2. The molecule has 37 heavy (non-hydrogen) atoms. The van der Waals surface area contributed by atoms with Crippen molar-refractivity contribution >= 4 is 56.4 Å². The van der Waals surface area contributed by atoms with Crippen LogP contribution in [-0.2, 0) is 27.5 Å². The molecule has 2 aromatic carbocycles. The molecule has 12 nitrogen and oxygen atoms in total. The van der Waals surface area contributed by atoms with Crippen molar-refractivity contribution in [3.05, 3.63) is 59.8 Å². The first-order chi connectivity index (χ1) is 17.3. The standard InChI is InChI=1S/C22H22N4O5S2.CH3NO2/c1-14(27)25-21-26-19(20(32-21)16-6-10-18(11-7-16)33(2,30)31)12-5-15-3-8-17(9-4-15)23-13-24-22(28)29;2-1(3)4/h3-4,6-11,13H,5,12H2,1-2H3,(H,23,24)(H,28,29)(H,25,26,27);2H2,(H,3,4). The molecule has 0 aliphatic rings. The third kappa shape index (κ3) is 10.1. The van der Waals surface area contributed by atoms with Gasteiger partial charge in [-0.05, 0) is 48.2 Å². The lowest BCUT2D eigenvalue weighted by Gasteiger charge is -2.05. The van der Waals surface area contributed by atoms with E-state index in [2.05, 4.69) is 26.3 Å². The first-order valence-corrected chi connectivity index (χ1v) is 13.2. The molecule has 1 heterocycles. The fraction of sp³-hybridized carbons (Fsp3) is 0.174. The largest absolute Gasteiger partial charge is 0.465 e. The lowest BCUT2D eigenvalue weighted by atomic mass is 10.1. The van der Waals surface area contributed by atoms with Gasteiger partial charge in [-0.2, -0.15) is 0 Å². The minimum absolute atomic E-state index is 0.220. The van der Waals surface area contributed by atoms with Gasteiger partial charge in [0.1, 0.15) is 0 Å². The van der Waals surface area contributed by atoms with E-state index < -0.39 is 22.0 Å². The zero-order valence-corrected chi connectivity index (χ0v) is 21.5. The quantitative estimate of drug-likeness (QED) is 0.208. The summed E-state index contributed by atoms with van der Waals surface area (Å²) in [6.45, 7) is 1.41. The minimum atomic E-state index is -3.29. The molecule has 0 radical (unpaired) electrons. The summed E-state index contributed by atoms with van der Waals surface area (Å²) < 4.78 is 23.5. The topological polar surface area (TPSA) is 201 Å². The number of aromatic nitrogens is 1. The minimum Gasteiger partial charge on any atom is -0.465 e. The number of sulfone groups is 1. The fourth-order valence-electron chi connectivity index (χ4n) is 2.98. The van der Waals surface area contributed by atoms with Crippen molar-refractivity contribution in [2.45, 2.75) is 24.7 Å². The van der Waals surface area contributed by atoms with E-state index in [1.165, 1.54) is 18.3 Å². The Balaban J connectivity index is 0.00000112. The molecule has 0 atom stereocenters. The number of primary amides is 1. The van der Waals surface area contributed by atoms with Crippen LogP contribution in [0.25, 0.3) is 10.4 Å². The molecule has 3 rings (SSSR count). The first-order valence-electron chi connectivity index (χ1n) is 10.5. The molecule has 0 bridgehead atoms. The number of nitrogens with zero attached hydrogens (tertiary/aromatic N) is 2. The van der Waals surface area contributed by atoms with Gasteiger partial charge in [0.25, 0.3) is 0 Å². The normalized spacial score (nSPS) is 10.9. The molecule has 3 amide bonds. The van der Waals surface area contributed by atoms with E-state index in [4.69, 9.17) is 15.0 Å². The number of nitrogens with one attached hydrogen (secondary N) is 2. The number of carboxylic acid groups (broad SMARTS) is 2. The number of aliphatic imine (C=N–C) groups is 1. The molecular weight excluding hydrogens is 522 g/mol. The van der Waals surface area contributed by atoms with Gasteiger partial charge in [0.2, 0.25) is 5.91 Å². The Morgan fingerprint density at radius 1 is 1.05 bits per heavy atom. The zero-order chi connectivity index (χ0) is 27.6. The lowest BCUT2D eigenvalue weighted by molar-refractivity contribution is -0.114. The second kappa shape index (κ2) is 13.1. The molecule has 0 unspecified atom stereocenters. The SMILES string of the molecule is CC(=O)Nc1nc(CCc2ccc(N=CNC(=O)O)cc2)c(-c2ccc(S(C)(=O)=O)cc2)s1.NC(=O)O. The average molecular weight is 548 g/mol. The van der Waals surface area contributed by atoms with Crippen LogP contribution in [-0.4, -0.2) is 54.3 Å². The van der Waals surface area contributed by atoms with E-state index in [0.29, 0.717) is 23.7 Å². The van der Waals surface area contributed by atoms with Crippen LogP contribution in [0, 0.1) is 0 Å². The van der Waals surface area contributed by atoms with Crippen LogP contribution >= 0.6 is 11.3 Å². The molecule has 0 aliphatic heterocycles. The van der Waals surface area contributed by atoms with Crippen molar-refractivity contribution in [3.63, 3.8) is 0 Å². The molecule has 0 saturated carbocycles. The molecule has 196 valence electrons. The van der Waals surface area contributed by atoms with Crippen molar-refractivity contribution < 1.29 is 33.0 Å². The summed E-state index contributed by atoms with van der Waals surface area (Å²) in [6, 6.07) is 14.0. The number of nitrogens with two attached hydrogens (primary N) is 1. The van der Waals surface area contributed by atoms with Gasteiger partial charge >= 0.3 is 12.2 Å². The van der Waals surface area contributed by atoms with Crippen LogP contribution in [0.15, 0.2) is 58.4 Å². The Bertz CT molecular complexity index is 1380. The van der Waals surface area contributed by atoms with Crippen LogP contribution < -0.4 is 16.4 Å². The van der Waals surface area contributed by atoms with Crippen LogP contribution in [0.4, 0.5) is 20.4 Å². The smallest absolute Gasteiger partial charge is 0.409 e. The van der Waals surface area contributed by atoms with E-state index in [9.17, 15) is 18.0 Å².